The summed E-state index contributed by atoms with van der Waals surface area (Å²) in [5.74, 6) is -1.89. The van der Waals surface area contributed by atoms with Gasteiger partial charge in [0, 0.05) is 12.0 Å². The zero-order chi connectivity index (χ0) is 33.0. The Bertz CT molecular complexity index is 1500. The maximum absolute atomic E-state index is 13.8. The van der Waals surface area contributed by atoms with E-state index in [1.165, 1.54) is 29.2 Å². The number of carbonyl (C=O) groups is 4. The second-order valence-corrected chi connectivity index (χ2v) is 14.6. The molecular weight excluding hydrogens is 600 g/mol. The van der Waals surface area contributed by atoms with Crippen molar-refractivity contribution in [2.24, 2.45) is 5.41 Å². The highest BCUT2D eigenvalue weighted by Gasteiger charge is 2.69. The molecule has 4 amide bonds. The molecule has 13 nitrogen and oxygen atoms in total. The van der Waals surface area contributed by atoms with Crippen molar-refractivity contribution < 1.29 is 32.3 Å². The predicted octanol–water partition coefficient (Wildman–Crippen LogP) is 3.00. The average molecular weight is 643 g/mol. The van der Waals surface area contributed by atoms with E-state index in [4.69, 9.17) is 10.00 Å². The molecule has 3 aliphatic rings. The van der Waals surface area contributed by atoms with Gasteiger partial charge < -0.3 is 20.3 Å². The number of anilines is 1. The van der Waals surface area contributed by atoms with Crippen molar-refractivity contribution in [1.82, 2.24) is 20.3 Å². The third-order valence-corrected chi connectivity index (χ3v) is 9.34. The van der Waals surface area contributed by atoms with Gasteiger partial charge >= 0.3 is 16.3 Å². The van der Waals surface area contributed by atoms with Crippen molar-refractivity contribution in [2.45, 2.75) is 102 Å². The number of amides is 4. The monoisotopic (exact) mass is 642 g/mol. The van der Waals surface area contributed by atoms with Gasteiger partial charge in [-0.15, -0.1) is 0 Å². The van der Waals surface area contributed by atoms with Crippen LogP contribution in [0.15, 0.2) is 36.4 Å². The molecule has 2 fully saturated rings. The number of nitriles is 1. The number of hydrogen-bond donors (Lipinski definition) is 4. The molecular formula is C31H42N6O7S. The Kier molecular flexibility index (Phi) is 9.82. The molecule has 1 aromatic carbocycles. The highest BCUT2D eigenvalue weighted by molar-refractivity contribution is 7.91. The number of rotatable bonds is 5. The van der Waals surface area contributed by atoms with Crippen LogP contribution in [0.5, 0.6) is 0 Å². The van der Waals surface area contributed by atoms with Gasteiger partial charge in [0.05, 0.1) is 17.3 Å². The van der Waals surface area contributed by atoms with E-state index in [1.807, 2.05) is 18.2 Å². The quantitative estimate of drug-likeness (QED) is 0.353. The SMILES string of the molecule is CC(C)(C)OC(=O)N[C@H]1CCCCC/C=C\[C@@]2(C)C[C@@]2(C(=O)NS(=O)(=O)Nc2ccc(C#N)cc2)NC(=O)[C@@H]2CCCN2C1=O. The largest absolute Gasteiger partial charge is 0.444 e. The lowest BCUT2D eigenvalue weighted by Gasteiger charge is -2.31. The molecule has 4 N–H and O–H groups in total. The van der Waals surface area contributed by atoms with Gasteiger partial charge in [0.1, 0.15) is 23.2 Å². The normalized spacial score (nSPS) is 28.1. The highest BCUT2D eigenvalue weighted by atomic mass is 32.2. The maximum atomic E-state index is 13.8. The van der Waals surface area contributed by atoms with Crippen molar-refractivity contribution in [3.05, 3.63) is 42.0 Å². The first-order valence-corrected chi connectivity index (χ1v) is 16.7. The van der Waals surface area contributed by atoms with E-state index < -0.39 is 62.7 Å². The molecule has 1 aliphatic carbocycles. The van der Waals surface area contributed by atoms with Crippen LogP contribution in [0.2, 0.25) is 0 Å². The van der Waals surface area contributed by atoms with Crippen LogP contribution in [0.4, 0.5) is 10.5 Å². The number of allylic oxidation sites excluding steroid dienone is 1. The standard InChI is InChI=1S/C31H42N6O7S/c1-29(2,3)44-28(41)33-23-11-8-6-5-7-9-17-30(4)20-31(30,34-25(38)24-12-10-18-37(24)26(23)39)27(40)36-45(42,43)35-22-15-13-21(19-32)14-16-22/h9,13-17,23-24,35H,5-8,10-12,18,20H2,1-4H3,(H,33,41)(H,34,38)(H,36,40)/b17-9-/t23-,24-,30-,31-/m0/s1. The first kappa shape index (κ1) is 33.8. The molecule has 2 aliphatic heterocycles. The lowest BCUT2D eigenvalue weighted by atomic mass is 9.99. The van der Waals surface area contributed by atoms with E-state index in [0.717, 1.165) is 12.8 Å². The fourth-order valence-electron chi connectivity index (χ4n) is 5.93. The summed E-state index contributed by atoms with van der Waals surface area (Å²) in [4.78, 5) is 55.3. The maximum Gasteiger partial charge on any atom is 0.408 e. The van der Waals surface area contributed by atoms with E-state index in [2.05, 4.69) is 20.1 Å². The molecule has 4 rings (SSSR count). The Morgan fingerprint density at radius 3 is 2.47 bits per heavy atom. The van der Waals surface area contributed by atoms with Crippen molar-refractivity contribution in [3.8, 4) is 6.07 Å². The molecule has 244 valence electrons. The van der Waals surface area contributed by atoms with E-state index in [9.17, 15) is 27.6 Å². The Morgan fingerprint density at radius 1 is 1.09 bits per heavy atom. The van der Waals surface area contributed by atoms with Crippen LogP contribution < -0.4 is 20.1 Å². The lowest BCUT2D eigenvalue weighted by Crippen LogP contribution is -2.59. The van der Waals surface area contributed by atoms with Crippen LogP contribution >= 0.6 is 0 Å². The second-order valence-electron chi connectivity index (χ2n) is 13.1. The summed E-state index contributed by atoms with van der Waals surface area (Å²) in [7, 11) is -4.41. The molecule has 0 unspecified atom stereocenters. The van der Waals surface area contributed by atoms with Crippen LogP contribution in [-0.4, -0.2) is 66.9 Å². The Balaban J connectivity index is 1.56. The molecule has 0 bridgehead atoms. The Hall–Kier alpha value is -4.12. The third-order valence-electron chi connectivity index (χ3n) is 8.38. The summed E-state index contributed by atoms with van der Waals surface area (Å²) in [5, 5.41) is 14.5. The van der Waals surface area contributed by atoms with Gasteiger partial charge in [0.15, 0.2) is 0 Å². The number of hydrogen-bond acceptors (Lipinski definition) is 8. The van der Waals surface area contributed by atoms with Crippen LogP contribution in [0.25, 0.3) is 0 Å². The van der Waals surface area contributed by atoms with Crippen LogP contribution in [0.3, 0.4) is 0 Å². The van der Waals surface area contributed by atoms with E-state index in [0.29, 0.717) is 44.2 Å². The van der Waals surface area contributed by atoms with Gasteiger partial charge in [0.2, 0.25) is 11.8 Å². The first-order chi connectivity index (χ1) is 21.1. The predicted molar refractivity (Wildman–Crippen MR) is 166 cm³/mol. The number of nitrogens with one attached hydrogen (secondary N) is 4. The number of fused-ring (bicyclic) bond motifs is 2. The molecule has 1 saturated carbocycles. The molecule has 14 heteroatoms. The molecule has 0 aromatic heterocycles. The zero-order valence-corrected chi connectivity index (χ0v) is 27.0. The zero-order valence-electron chi connectivity index (χ0n) is 26.1. The summed E-state index contributed by atoms with van der Waals surface area (Å²) < 4.78 is 35.6. The number of carbonyl (C=O) groups excluding carboxylic acids is 4. The van der Waals surface area contributed by atoms with Gasteiger partial charge in [-0.3, -0.25) is 19.1 Å². The molecule has 2 heterocycles. The molecule has 0 radical (unpaired) electrons. The van der Waals surface area contributed by atoms with Crippen LogP contribution in [0.1, 0.15) is 84.6 Å². The van der Waals surface area contributed by atoms with E-state index >= 15 is 0 Å². The number of benzene rings is 1. The number of ether oxygens (including phenoxy) is 1. The van der Waals surface area contributed by atoms with Crippen molar-refractivity contribution in [3.63, 3.8) is 0 Å². The molecule has 1 saturated heterocycles. The highest BCUT2D eigenvalue weighted by Crippen LogP contribution is 2.57. The van der Waals surface area contributed by atoms with Gasteiger partial charge in [-0.05, 0) is 83.6 Å². The number of nitrogens with zero attached hydrogens (tertiary/aromatic N) is 2. The van der Waals surface area contributed by atoms with Crippen molar-refractivity contribution in [1.29, 1.82) is 5.26 Å². The van der Waals surface area contributed by atoms with Gasteiger partial charge in [-0.25, -0.2) is 9.52 Å². The molecule has 1 aromatic rings. The minimum atomic E-state index is -4.41. The summed E-state index contributed by atoms with van der Waals surface area (Å²) >= 11 is 0. The second kappa shape index (κ2) is 13.1. The molecule has 45 heavy (non-hydrogen) atoms. The minimum absolute atomic E-state index is 0.144. The molecule has 4 atom stereocenters. The van der Waals surface area contributed by atoms with Crippen molar-refractivity contribution >= 4 is 39.7 Å². The minimum Gasteiger partial charge on any atom is -0.444 e. The Labute approximate surface area is 264 Å². The fourth-order valence-corrected chi connectivity index (χ4v) is 6.84. The lowest BCUT2D eigenvalue weighted by molar-refractivity contribution is -0.141. The van der Waals surface area contributed by atoms with Crippen LogP contribution in [-0.2, 0) is 29.3 Å². The molecule has 0 spiro atoms. The van der Waals surface area contributed by atoms with Crippen LogP contribution in [0, 0.1) is 16.7 Å². The van der Waals surface area contributed by atoms with Gasteiger partial charge in [-0.1, -0.05) is 31.9 Å². The summed E-state index contributed by atoms with van der Waals surface area (Å²) in [6.45, 7) is 7.25. The topological polar surface area (TPSA) is 187 Å². The fraction of sp³-hybridized carbons (Fsp3) is 0.581. The average Bonchev–Trinajstić information content (AvgIpc) is 3.26. The summed E-state index contributed by atoms with van der Waals surface area (Å²) in [5.41, 5.74) is -2.72. The van der Waals surface area contributed by atoms with E-state index in [1.54, 1.807) is 27.7 Å². The van der Waals surface area contributed by atoms with Crippen molar-refractivity contribution in [2.75, 3.05) is 11.3 Å². The smallest absolute Gasteiger partial charge is 0.408 e. The van der Waals surface area contributed by atoms with Gasteiger partial charge in [-0.2, -0.15) is 13.7 Å². The summed E-state index contributed by atoms with van der Waals surface area (Å²) in [6.07, 6.45) is 7.39. The number of alkyl carbamates (subject to hydrolysis) is 1. The first-order valence-electron chi connectivity index (χ1n) is 15.2. The third kappa shape index (κ3) is 8.13. The van der Waals surface area contributed by atoms with E-state index in [-0.39, 0.29) is 12.1 Å². The summed E-state index contributed by atoms with van der Waals surface area (Å²) in [6, 6.07) is 5.81. The Morgan fingerprint density at radius 2 is 1.80 bits per heavy atom. The van der Waals surface area contributed by atoms with Gasteiger partial charge in [0.25, 0.3) is 5.91 Å².